The quantitative estimate of drug-likeness (QED) is 0.491. The van der Waals surface area contributed by atoms with Crippen molar-refractivity contribution in [3.05, 3.63) is 78.6 Å². The van der Waals surface area contributed by atoms with Crippen LogP contribution in [0.4, 0.5) is 15.8 Å². The zero-order valence-electron chi connectivity index (χ0n) is 20.6. The van der Waals surface area contributed by atoms with E-state index in [0.29, 0.717) is 49.2 Å². The molecule has 8 nitrogen and oxygen atoms in total. The number of nitrogens with zero attached hydrogens (tertiary/aromatic N) is 2. The van der Waals surface area contributed by atoms with Crippen molar-refractivity contribution in [1.82, 2.24) is 4.31 Å². The number of hydrogen-bond donors (Lipinski definition) is 1. The number of sulfonamides is 1. The highest BCUT2D eigenvalue weighted by Crippen LogP contribution is 2.53. The third-order valence-electron chi connectivity index (χ3n) is 7.47. The number of nitrogens with one attached hydrogen (secondary N) is 1. The largest absolute Gasteiger partial charge is 0.457 e. The van der Waals surface area contributed by atoms with Crippen LogP contribution in [0, 0.1) is 23.6 Å². The van der Waals surface area contributed by atoms with Crippen LogP contribution in [-0.2, 0) is 19.6 Å². The van der Waals surface area contributed by atoms with Crippen LogP contribution in [0.1, 0.15) is 0 Å². The highest BCUT2D eigenvalue weighted by molar-refractivity contribution is 7.89. The van der Waals surface area contributed by atoms with Crippen molar-refractivity contribution in [2.24, 2.45) is 17.8 Å². The van der Waals surface area contributed by atoms with Gasteiger partial charge in [0.25, 0.3) is 0 Å². The van der Waals surface area contributed by atoms with E-state index >= 15 is 0 Å². The van der Waals surface area contributed by atoms with Gasteiger partial charge in [0, 0.05) is 37.8 Å². The number of para-hydroxylation sites is 1. The third kappa shape index (κ3) is 4.87. The van der Waals surface area contributed by atoms with Gasteiger partial charge in [-0.05, 0) is 66.4 Å². The van der Waals surface area contributed by atoms with Gasteiger partial charge in [-0.2, -0.15) is 4.31 Å². The van der Waals surface area contributed by atoms with Crippen molar-refractivity contribution in [1.29, 1.82) is 0 Å². The number of morpholine rings is 1. The molecule has 1 amide bonds. The minimum absolute atomic E-state index is 0.0390. The SMILES string of the molecule is O=C(Nc1ccc(N2CCOCC2)c(F)c1)C1C2CN(S(=O)(=O)c3ccc(Oc4ccccc4)cc3)CC21. The number of halogens is 1. The number of carbonyl (C=O) groups is 1. The van der Waals surface area contributed by atoms with Gasteiger partial charge >= 0.3 is 0 Å². The van der Waals surface area contributed by atoms with Gasteiger partial charge in [-0.3, -0.25) is 4.79 Å². The van der Waals surface area contributed by atoms with Crippen LogP contribution in [0.3, 0.4) is 0 Å². The Morgan fingerprint density at radius 2 is 1.58 bits per heavy atom. The molecule has 1 N–H and O–H groups in total. The average molecular weight is 538 g/mol. The summed E-state index contributed by atoms with van der Waals surface area (Å²) >= 11 is 0. The molecule has 0 spiro atoms. The lowest BCUT2D eigenvalue weighted by molar-refractivity contribution is -0.118. The van der Waals surface area contributed by atoms with E-state index in [4.69, 9.17) is 9.47 Å². The molecule has 3 aromatic carbocycles. The smallest absolute Gasteiger partial charge is 0.243 e. The summed E-state index contributed by atoms with van der Waals surface area (Å²) in [5, 5.41) is 2.81. The molecule has 38 heavy (non-hydrogen) atoms. The van der Waals surface area contributed by atoms with Crippen LogP contribution < -0.4 is 15.0 Å². The van der Waals surface area contributed by atoms with Gasteiger partial charge in [0.15, 0.2) is 0 Å². The molecule has 2 heterocycles. The maximum Gasteiger partial charge on any atom is 0.243 e. The second-order valence-electron chi connectivity index (χ2n) is 9.82. The number of amides is 1. The Morgan fingerprint density at radius 3 is 2.24 bits per heavy atom. The topological polar surface area (TPSA) is 88.2 Å². The number of ether oxygens (including phenoxy) is 2. The summed E-state index contributed by atoms with van der Waals surface area (Å²) < 4.78 is 53.5. The van der Waals surface area contributed by atoms with Gasteiger partial charge in [0.2, 0.25) is 15.9 Å². The molecule has 198 valence electrons. The van der Waals surface area contributed by atoms with Crippen LogP contribution in [0.15, 0.2) is 77.7 Å². The van der Waals surface area contributed by atoms with Gasteiger partial charge in [-0.15, -0.1) is 0 Å². The number of piperidine rings is 1. The second kappa shape index (κ2) is 10.0. The molecule has 3 aromatic rings. The highest BCUT2D eigenvalue weighted by Gasteiger charge is 2.61. The first-order valence-electron chi connectivity index (χ1n) is 12.7. The van der Waals surface area contributed by atoms with Crippen molar-refractivity contribution in [2.45, 2.75) is 4.90 Å². The summed E-state index contributed by atoms with van der Waals surface area (Å²) in [6.07, 6.45) is 0. The van der Waals surface area contributed by atoms with Crippen LogP contribution in [0.25, 0.3) is 0 Å². The van der Waals surface area contributed by atoms with Crippen LogP contribution in [0.2, 0.25) is 0 Å². The van der Waals surface area contributed by atoms with Gasteiger partial charge in [0.1, 0.15) is 17.3 Å². The summed E-state index contributed by atoms with van der Waals surface area (Å²) in [6, 6.07) is 20.3. The first-order chi connectivity index (χ1) is 18.4. The zero-order valence-corrected chi connectivity index (χ0v) is 21.4. The van der Waals surface area contributed by atoms with Gasteiger partial charge in [0.05, 0.1) is 23.8 Å². The molecule has 0 aromatic heterocycles. The molecule has 1 saturated carbocycles. The molecule has 2 unspecified atom stereocenters. The summed E-state index contributed by atoms with van der Waals surface area (Å²) in [6.45, 7) is 2.94. The van der Waals surface area contributed by atoms with E-state index in [2.05, 4.69) is 5.32 Å². The van der Waals surface area contributed by atoms with Gasteiger partial charge in [-0.25, -0.2) is 12.8 Å². The molecular weight excluding hydrogens is 509 g/mol. The molecule has 3 aliphatic rings. The Hall–Kier alpha value is -3.47. The first-order valence-corrected chi connectivity index (χ1v) is 14.1. The summed E-state index contributed by atoms with van der Waals surface area (Å²) in [5.74, 6) is 0.278. The fourth-order valence-electron chi connectivity index (χ4n) is 5.40. The number of carbonyl (C=O) groups excluding carboxylic acids is 1. The summed E-state index contributed by atoms with van der Waals surface area (Å²) in [5.41, 5.74) is 0.895. The van der Waals surface area contributed by atoms with Crippen molar-refractivity contribution in [3.8, 4) is 11.5 Å². The van der Waals surface area contributed by atoms with E-state index < -0.39 is 15.8 Å². The van der Waals surface area contributed by atoms with Gasteiger partial charge in [-0.1, -0.05) is 18.2 Å². The van der Waals surface area contributed by atoms with Crippen molar-refractivity contribution in [2.75, 3.05) is 49.6 Å². The normalized spacial score (nSPS) is 23.1. The summed E-state index contributed by atoms with van der Waals surface area (Å²) in [7, 11) is -3.68. The van der Waals surface area contributed by atoms with E-state index in [-0.39, 0.29) is 41.6 Å². The predicted molar refractivity (Wildman–Crippen MR) is 140 cm³/mol. The molecule has 0 bridgehead atoms. The lowest BCUT2D eigenvalue weighted by Crippen LogP contribution is -2.36. The fourth-order valence-corrected chi connectivity index (χ4v) is 6.91. The Labute approximate surface area is 221 Å². The maximum atomic E-state index is 14.7. The molecule has 2 saturated heterocycles. The van der Waals surface area contributed by atoms with E-state index in [9.17, 15) is 17.6 Å². The molecule has 10 heteroatoms. The summed E-state index contributed by atoms with van der Waals surface area (Å²) in [4.78, 5) is 15.0. The number of hydrogen-bond acceptors (Lipinski definition) is 6. The Morgan fingerprint density at radius 1 is 0.921 bits per heavy atom. The number of benzene rings is 3. The number of fused-ring (bicyclic) bond motifs is 1. The van der Waals surface area contributed by atoms with Crippen LogP contribution >= 0.6 is 0 Å². The minimum Gasteiger partial charge on any atom is -0.457 e. The second-order valence-corrected chi connectivity index (χ2v) is 11.8. The number of anilines is 2. The molecule has 2 aliphatic heterocycles. The highest BCUT2D eigenvalue weighted by atomic mass is 32.2. The fraction of sp³-hybridized carbons (Fsp3) is 0.321. The van der Waals surface area contributed by atoms with E-state index in [1.807, 2.05) is 35.2 Å². The third-order valence-corrected chi connectivity index (χ3v) is 9.32. The molecule has 6 rings (SSSR count). The number of rotatable bonds is 7. The average Bonchev–Trinajstić information content (AvgIpc) is 3.43. The lowest BCUT2D eigenvalue weighted by atomic mass is 10.2. The predicted octanol–water partition coefficient (Wildman–Crippen LogP) is 3.96. The van der Waals surface area contributed by atoms with Crippen molar-refractivity contribution >= 4 is 27.3 Å². The lowest BCUT2D eigenvalue weighted by Gasteiger charge is -2.29. The molecular formula is C28H28FN3O5S. The van der Waals surface area contributed by atoms with Crippen molar-refractivity contribution < 1.29 is 27.1 Å². The van der Waals surface area contributed by atoms with E-state index in [0.717, 1.165) is 0 Å². The molecule has 3 fully saturated rings. The Bertz CT molecular complexity index is 1420. The van der Waals surface area contributed by atoms with Crippen LogP contribution in [-0.4, -0.2) is 58.0 Å². The van der Waals surface area contributed by atoms with Crippen LogP contribution in [0.5, 0.6) is 11.5 Å². The van der Waals surface area contributed by atoms with Crippen molar-refractivity contribution in [3.63, 3.8) is 0 Å². The Kier molecular flexibility index (Phi) is 6.55. The Balaban J connectivity index is 1.04. The van der Waals surface area contributed by atoms with E-state index in [1.165, 1.54) is 22.5 Å². The minimum atomic E-state index is -3.68. The molecule has 2 atom stereocenters. The molecule has 0 radical (unpaired) electrons. The first kappa shape index (κ1) is 24.8. The van der Waals surface area contributed by atoms with E-state index in [1.54, 1.807) is 24.3 Å². The molecule has 1 aliphatic carbocycles. The monoisotopic (exact) mass is 537 g/mol. The van der Waals surface area contributed by atoms with Gasteiger partial charge < -0.3 is 19.7 Å². The maximum absolute atomic E-state index is 14.7. The zero-order chi connectivity index (χ0) is 26.3. The standard InChI is InChI=1S/C28H28FN3O5S/c29-25-16-19(6-11-26(25)31-12-14-36-15-13-31)30-28(33)27-23-17-32(18-24(23)27)38(34,35)22-9-7-21(8-10-22)37-20-4-2-1-3-5-20/h1-11,16,23-24,27H,12-15,17-18H2,(H,30,33).